The van der Waals surface area contributed by atoms with Crippen molar-refractivity contribution in [3.63, 3.8) is 0 Å². The van der Waals surface area contributed by atoms with E-state index in [4.69, 9.17) is 4.52 Å². The van der Waals surface area contributed by atoms with Crippen molar-refractivity contribution in [2.45, 2.75) is 30.4 Å². The minimum atomic E-state index is -3.91. The highest BCUT2D eigenvalue weighted by atomic mass is 32.2. The number of carbonyl (C=O) groups excluding carboxylic acids is 1. The zero-order valence-corrected chi connectivity index (χ0v) is 13.3. The van der Waals surface area contributed by atoms with E-state index in [1.165, 1.54) is 7.11 Å². The smallest absolute Gasteiger partial charge is 0.360 e. The third kappa shape index (κ3) is 3.13. The highest BCUT2D eigenvalue weighted by Gasteiger charge is 2.29. The van der Waals surface area contributed by atoms with E-state index >= 15 is 0 Å². The molecule has 1 aliphatic carbocycles. The van der Waals surface area contributed by atoms with Crippen LogP contribution in [0.15, 0.2) is 39.9 Å². The molecular formula is C15H16N2O5S. The number of nitrogens with zero attached hydrogens (tertiary/aromatic N) is 1. The zero-order chi connectivity index (χ0) is 16.4. The maximum Gasteiger partial charge on any atom is 0.360 e. The third-order valence-electron chi connectivity index (χ3n) is 3.81. The van der Waals surface area contributed by atoms with E-state index in [0.29, 0.717) is 6.42 Å². The summed E-state index contributed by atoms with van der Waals surface area (Å²) in [5, 5.41) is 3.02. The first-order chi connectivity index (χ1) is 11.0. The number of methoxy groups -OCH3 is 1. The Morgan fingerprint density at radius 2 is 2.17 bits per heavy atom. The van der Waals surface area contributed by atoms with Gasteiger partial charge in [-0.25, -0.2) is 17.9 Å². The largest absolute Gasteiger partial charge is 0.464 e. The number of ether oxygens (including phenoxy) is 1. The van der Waals surface area contributed by atoms with Crippen LogP contribution in [0.2, 0.25) is 0 Å². The van der Waals surface area contributed by atoms with E-state index in [-0.39, 0.29) is 11.7 Å². The summed E-state index contributed by atoms with van der Waals surface area (Å²) in [5.74, 6) is -0.752. The van der Waals surface area contributed by atoms with Gasteiger partial charge in [0.15, 0.2) is 5.69 Å². The summed E-state index contributed by atoms with van der Waals surface area (Å²) in [5.41, 5.74) is 1.92. The third-order valence-corrected chi connectivity index (χ3v) is 5.13. The van der Waals surface area contributed by atoms with Gasteiger partial charge in [-0.1, -0.05) is 29.4 Å². The van der Waals surface area contributed by atoms with Crippen molar-refractivity contribution in [1.82, 2.24) is 9.88 Å². The Kier molecular flexibility index (Phi) is 4.18. The molecule has 2 aromatic rings. The number of nitrogens with one attached hydrogen (secondary N) is 1. The van der Waals surface area contributed by atoms with Gasteiger partial charge < -0.3 is 9.26 Å². The van der Waals surface area contributed by atoms with Crippen LogP contribution in [0.3, 0.4) is 0 Å². The van der Waals surface area contributed by atoms with Gasteiger partial charge in [-0.2, -0.15) is 0 Å². The normalized spacial score (nSPS) is 17.5. The topological polar surface area (TPSA) is 98.5 Å². The summed E-state index contributed by atoms with van der Waals surface area (Å²) in [6, 6.07) is 8.48. The van der Waals surface area contributed by atoms with Crippen molar-refractivity contribution in [2.24, 2.45) is 0 Å². The zero-order valence-electron chi connectivity index (χ0n) is 12.5. The maximum atomic E-state index is 12.4. The summed E-state index contributed by atoms with van der Waals surface area (Å²) in [4.78, 5) is 11.3. The number of sulfonamides is 1. The van der Waals surface area contributed by atoms with Gasteiger partial charge in [0.05, 0.1) is 7.11 Å². The molecule has 8 heteroatoms. The number of benzene rings is 1. The van der Waals surface area contributed by atoms with Crippen LogP contribution in [0, 0.1) is 0 Å². The van der Waals surface area contributed by atoms with Crippen molar-refractivity contribution in [3.05, 3.63) is 47.2 Å². The number of aryl methyl sites for hydroxylation is 1. The molecule has 1 unspecified atom stereocenters. The van der Waals surface area contributed by atoms with E-state index in [1.807, 2.05) is 24.3 Å². The van der Waals surface area contributed by atoms with Gasteiger partial charge in [0.2, 0.25) is 0 Å². The van der Waals surface area contributed by atoms with Crippen LogP contribution in [0.5, 0.6) is 0 Å². The number of rotatable bonds is 4. The summed E-state index contributed by atoms with van der Waals surface area (Å²) in [7, 11) is -2.73. The Morgan fingerprint density at radius 3 is 2.96 bits per heavy atom. The standard InChI is InChI=1S/C15H16N2O5S/c1-21-15(18)13-9-14(22-16-13)23(19,20)17-12-8-4-6-10-5-2-3-7-11(10)12/h2-3,5,7,9,12,17H,4,6,8H2,1H3. The molecule has 7 nitrogen and oxygen atoms in total. The number of fused-ring (bicyclic) bond motifs is 1. The molecule has 0 bridgehead atoms. The van der Waals surface area contributed by atoms with Crippen LogP contribution < -0.4 is 4.72 Å². The van der Waals surface area contributed by atoms with Crippen molar-refractivity contribution < 1.29 is 22.5 Å². The summed E-state index contributed by atoms with van der Waals surface area (Å²) < 4.78 is 36.8. The second kappa shape index (κ2) is 6.13. The molecule has 0 radical (unpaired) electrons. The molecule has 0 fully saturated rings. The molecule has 1 N–H and O–H groups in total. The first-order valence-electron chi connectivity index (χ1n) is 7.16. The van der Waals surface area contributed by atoms with Gasteiger partial charge >= 0.3 is 5.97 Å². The Balaban J connectivity index is 1.85. The van der Waals surface area contributed by atoms with Crippen LogP contribution in [0.4, 0.5) is 0 Å². The predicted molar refractivity (Wildman–Crippen MR) is 80.3 cm³/mol. The molecule has 0 spiro atoms. The van der Waals surface area contributed by atoms with Crippen LogP contribution in [-0.4, -0.2) is 26.7 Å². The van der Waals surface area contributed by atoms with E-state index in [2.05, 4.69) is 14.6 Å². The fourth-order valence-electron chi connectivity index (χ4n) is 2.71. The molecule has 0 saturated carbocycles. The first kappa shape index (κ1) is 15.7. The number of hydrogen-bond donors (Lipinski definition) is 1. The van der Waals surface area contributed by atoms with Crippen LogP contribution in [0.25, 0.3) is 0 Å². The van der Waals surface area contributed by atoms with E-state index < -0.39 is 21.1 Å². The van der Waals surface area contributed by atoms with Gasteiger partial charge in [-0.05, 0) is 30.4 Å². The molecule has 1 atom stereocenters. The molecule has 1 aromatic heterocycles. The fourth-order valence-corrected chi connectivity index (χ4v) is 3.85. The van der Waals surface area contributed by atoms with Crippen LogP contribution >= 0.6 is 0 Å². The molecule has 0 aliphatic heterocycles. The first-order valence-corrected chi connectivity index (χ1v) is 8.65. The molecule has 0 amide bonds. The molecule has 23 heavy (non-hydrogen) atoms. The Bertz CT molecular complexity index is 828. The molecule has 1 aromatic carbocycles. The highest BCUT2D eigenvalue weighted by molar-refractivity contribution is 7.89. The summed E-state index contributed by atoms with van der Waals surface area (Å²) in [6.07, 6.45) is 2.53. The van der Waals surface area contributed by atoms with Crippen LogP contribution in [-0.2, 0) is 21.2 Å². The van der Waals surface area contributed by atoms with Crippen molar-refractivity contribution in [3.8, 4) is 0 Å². The lowest BCUT2D eigenvalue weighted by Crippen LogP contribution is -2.30. The molecule has 1 heterocycles. The highest BCUT2D eigenvalue weighted by Crippen LogP contribution is 2.30. The minimum absolute atomic E-state index is 0.183. The quantitative estimate of drug-likeness (QED) is 0.855. The van der Waals surface area contributed by atoms with Gasteiger partial charge in [0.25, 0.3) is 15.1 Å². The Hall–Kier alpha value is -2.19. The average molecular weight is 336 g/mol. The number of hydrogen-bond acceptors (Lipinski definition) is 6. The molecule has 122 valence electrons. The molecule has 3 rings (SSSR count). The second-order valence-electron chi connectivity index (χ2n) is 5.29. The van der Waals surface area contributed by atoms with E-state index in [9.17, 15) is 13.2 Å². The summed E-state index contributed by atoms with van der Waals surface area (Å²) >= 11 is 0. The minimum Gasteiger partial charge on any atom is -0.464 e. The number of aromatic nitrogens is 1. The second-order valence-corrected chi connectivity index (χ2v) is 6.93. The molecule has 0 saturated heterocycles. The SMILES string of the molecule is COC(=O)c1cc(S(=O)(=O)NC2CCCc3ccccc32)on1. The van der Waals surface area contributed by atoms with Gasteiger partial charge in [-0.15, -0.1) is 0 Å². The monoisotopic (exact) mass is 336 g/mol. The van der Waals surface area contributed by atoms with Crippen molar-refractivity contribution >= 4 is 16.0 Å². The fraction of sp³-hybridized carbons (Fsp3) is 0.333. The van der Waals surface area contributed by atoms with Crippen LogP contribution in [0.1, 0.15) is 40.5 Å². The molecule has 1 aliphatic rings. The maximum absolute atomic E-state index is 12.4. The lowest BCUT2D eigenvalue weighted by atomic mass is 9.88. The van der Waals surface area contributed by atoms with Crippen molar-refractivity contribution in [1.29, 1.82) is 0 Å². The lowest BCUT2D eigenvalue weighted by molar-refractivity contribution is 0.0588. The van der Waals surface area contributed by atoms with Gasteiger partial charge in [-0.3, -0.25) is 0 Å². The molecular weight excluding hydrogens is 320 g/mol. The predicted octanol–water partition coefficient (Wildman–Crippen LogP) is 1.82. The lowest BCUT2D eigenvalue weighted by Gasteiger charge is -2.25. The average Bonchev–Trinajstić information content (AvgIpc) is 3.05. The Morgan fingerprint density at radius 1 is 1.39 bits per heavy atom. The summed E-state index contributed by atoms with van der Waals surface area (Å²) in [6.45, 7) is 0. The van der Waals surface area contributed by atoms with E-state index in [1.54, 1.807) is 0 Å². The van der Waals surface area contributed by atoms with E-state index in [0.717, 1.165) is 30.0 Å². The number of esters is 1. The Labute approximate surface area is 133 Å². The number of carbonyl (C=O) groups is 1. The van der Waals surface area contributed by atoms with Gasteiger partial charge in [0, 0.05) is 12.1 Å². The van der Waals surface area contributed by atoms with Crippen molar-refractivity contribution in [2.75, 3.05) is 7.11 Å². The van der Waals surface area contributed by atoms with Gasteiger partial charge in [0.1, 0.15) is 0 Å².